The fraction of sp³-hybridized carbons (Fsp3) is 0.533. The number of hydrogen-bond donors (Lipinski definition) is 2. The molecular formula is C15H21NO4. The first-order valence-electron chi connectivity index (χ1n) is 6.76. The molecule has 1 saturated heterocycles. The number of ether oxygens (including phenoxy) is 1. The largest absolute Gasteiger partial charge is 0.508 e. The number of phenols is 1. The Morgan fingerprint density at radius 3 is 2.55 bits per heavy atom. The minimum atomic E-state index is -0.929. The molecule has 0 aromatic heterocycles. The lowest BCUT2D eigenvalue weighted by Gasteiger charge is -2.50. The fourth-order valence-corrected chi connectivity index (χ4v) is 2.55. The fourth-order valence-electron chi connectivity index (χ4n) is 2.55. The molecule has 1 fully saturated rings. The molecule has 0 aliphatic carbocycles. The predicted molar refractivity (Wildman–Crippen MR) is 74.8 cm³/mol. The summed E-state index contributed by atoms with van der Waals surface area (Å²) in [5, 5.41) is 17.9. The van der Waals surface area contributed by atoms with E-state index in [0.717, 1.165) is 19.5 Å². The summed E-state index contributed by atoms with van der Waals surface area (Å²) < 4.78 is 5.40. The smallest absolute Gasteiger partial charge is 0.329 e. The maximum absolute atomic E-state index is 10.5. The number of likely N-dealkylation sites (tertiary alicyclic amines) is 1. The topological polar surface area (TPSA) is 70.0 Å². The van der Waals surface area contributed by atoms with E-state index in [9.17, 15) is 9.90 Å². The molecule has 0 amide bonds. The van der Waals surface area contributed by atoms with Gasteiger partial charge in [0.25, 0.3) is 0 Å². The number of aromatic hydroxyl groups is 1. The number of rotatable bonds is 6. The van der Waals surface area contributed by atoms with Crippen molar-refractivity contribution in [3.63, 3.8) is 0 Å². The van der Waals surface area contributed by atoms with Crippen LogP contribution in [-0.4, -0.2) is 52.4 Å². The quantitative estimate of drug-likeness (QED) is 0.826. The molecule has 0 radical (unpaired) electrons. The molecule has 1 heterocycles. The third kappa shape index (κ3) is 3.71. The maximum Gasteiger partial charge on any atom is 0.329 e. The zero-order chi connectivity index (χ0) is 14.8. The van der Waals surface area contributed by atoms with Gasteiger partial charge in [-0.25, -0.2) is 4.79 Å². The average Bonchev–Trinajstić information content (AvgIpc) is 2.35. The van der Waals surface area contributed by atoms with E-state index in [1.54, 1.807) is 12.1 Å². The van der Waals surface area contributed by atoms with E-state index < -0.39 is 5.97 Å². The first-order chi connectivity index (χ1) is 9.38. The highest BCUT2D eigenvalue weighted by atomic mass is 16.5. The van der Waals surface area contributed by atoms with Crippen LogP contribution in [0.4, 0.5) is 0 Å². The average molecular weight is 279 g/mol. The monoisotopic (exact) mass is 279 g/mol. The van der Waals surface area contributed by atoms with E-state index in [1.807, 2.05) is 19.1 Å². The molecule has 20 heavy (non-hydrogen) atoms. The van der Waals surface area contributed by atoms with Gasteiger partial charge < -0.3 is 14.9 Å². The van der Waals surface area contributed by atoms with Crippen LogP contribution in [0.2, 0.25) is 0 Å². The van der Waals surface area contributed by atoms with Gasteiger partial charge in [0.2, 0.25) is 0 Å². The van der Waals surface area contributed by atoms with Gasteiger partial charge in [0.1, 0.15) is 12.4 Å². The molecule has 0 bridgehead atoms. The van der Waals surface area contributed by atoms with Crippen molar-refractivity contribution in [2.75, 3.05) is 19.7 Å². The van der Waals surface area contributed by atoms with Gasteiger partial charge in [-0.2, -0.15) is 0 Å². The van der Waals surface area contributed by atoms with Crippen molar-refractivity contribution >= 4 is 5.97 Å². The van der Waals surface area contributed by atoms with Crippen molar-refractivity contribution in [2.24, 2.45) is 0 Å². The van der Waals surface area contributed by atoms with Gasteiger partial charge in [-0.1, -0.05) is 12.1 Å². The van der Waals surface area contributed by atoms with Crippen molar-refractivity contribution in [1.29, 1.82) is 0 Å². The maximum atomic E-state index is 10.5. The van der Waals surface area contributed by atoms with Gasteiger partial charge in [-0.15, -0.1) is 0 Å². The van der Waals surface area contributed by atoms with Crippen molar-refractivity contribution < 1.29 is 19.7 Å². The van der Waals surface area contributed by atoms with Crippen molar-refractivity contribution in [3.8, 4) is 5.75 Å². The minimum absolute atomic E-state index is 0.239. The van der Waals surface area contributed by atoms with E-state index in [1.165, 1.54) is 5.56 Å². The molecule has 1 aliphatic rings. The Morgan fingerprint density at radius 2 is 2.00 bits per heavy atom. The highest BCUT2D eigenvalue weighted by Gasteiger charge is 2.42. The molecule has 1 aromatic carbocycles. The Hall–Kier alpha value is -1.59. The standard InChI is InChI=1S/C15H21NO4/c1-11(7-12-3-5-13(17)6-4-12)16-9-15(2,10-16)20-8-14(18)19/h3-6,11,17H,7-10H2,1-2H3,(H,18,19). The Labute approximate surface area is 118 Å². The zero-order valence-electron chi connectivity index (χ0n) is 11.9. The van der Waals surface area contributed by atoms with Crippen LogP contribution in [0.15, 0.2) is 24.3 Å². The first-order valence-corrected chi connectivity index (χ1v) is 6.76. The second-order valence-corrected chi connectivity index (χ2v) is 5.76. The first kappa shape index (κ1) is 14.8. The number of carbonyl (C=O) groups is 1. The highest BCUT2D eigenvalue weighted by molar-refractivity contribution is 5.68. The number of hydrogen-bond acceptors (Lipinski definition) is 4. The lowest BCUT2D eigenvalue weighted by Crippen LogP contribution is -2.64. The second kappa shape index (κ2) is 5.81. The number of aliphatic carboxylic acids is 1. The van der Waals surface area contributed by atoms with E-state index in [2.05, 4.69) is 11.8 Å². The Balaban J connectivity index is 1.80. The summed E-state index contributed by atoms with van der Waals surface area (Å²) in [5.41, 5.74) is 0.831. The summed E-state index contributed by atoms with van der Waals surface area (Å²) in [5.74, 6) is -0.651. The summed E-state index contributed by atoms with van der Waals surface area (Å²) in [7, 11) is 0. The van der Waals surface area contributed by atoms with E-state index >= 15 is 0 Å². The number of phenolic OH excluding ortho intramolecular Hbond substituents is 1. The number of carboxylic acids is 1. The molecule has 0 spiro atoms. The molecule has 2 rings (SSSR count). The molecule has 0 saturated carbocycles. The molecule has 5 heteroatoms. The number of nitrogens with zero attached hydrogens (tertiary/aromatic N) is 1. The van der Waals surface area contributed by atoms with E-state index in [-0.39, 0.29) is 18.0 Å². The van der Waals surface area contributed by atoms with E-state index in [4.69, 9.17) is 9.84 Å². The van der Waals surface area contributed by atoms with Crippen molar-refractivity contribution in [2.45, 2.75) is 31.9 Å². The SMILES string of the molecule is CC(Cc1ccc(O)cc1)N1CC(C)(OCC(=O)O)C1. The minimum Gasteiger partial charge on any atom is -0.508 e. The van der Waals surface area contributed by atoms with Crippen LogP contribution in [0.1, 0.15) is 19.4 Å². The Bertz CT molecular complexity index is 465. The van der Waals surface area contributed by atoms with Crippen LogP contribution < -0.4 is 0 Å². The van der Waals surface area contributed by atoms with Crippen LogP contribution in [0.25, 0.3) is 0 Å². The molecular weight excluding hydrogens is 258 g/mol. The Morgan fingerprint density at radius 1 is 1.40 bits per heavy atom. The summed E-state index contributed by atoms with van der Waals surface area (Å²) in [6.45, 7) is 5.35. The number of benzene rings is 1. The lowest BCUT2D eigenvalue weighted by atomic mass is 9.92. The second-order valence-electron chi connectivity index (χ2n) is 5.76. The normalized spacial score (nSPS) is 19.3. The van der Waals surface area contributed by atoms with Crippen LogP contribution in [0.3, 0.4) is 0 Å². The lowest BCUT2D eigenvalue weighted by molar-refractivity contribution is -0.168. The summed E-state index contributed by atoms with van der Waals surface area (Å²) in [6, 6.07) is 7.59. The summed E-state index contributed by atoms with van der Waals surface area (Å²) >= 11 is 0. The van der Waals surface area contributed by atoms with Crippen LogP contribution in [0, 0.1) is 0 Å². The molecule has 1 unspecified atom stereocenters. The van der Waals surface area contributed by atoms with Gasteiger partial charge in [-0.05, 0) is 38.0 Å². The van der Waals surface area contributed by atoms with Crippen molar-refractivity contribution in [1.82, 2.24) is 4.90 Å². The van der Waals surface area contributed by atoms with Crippen LogP contribution >= 0.6 is 0 Å². The predicted octanol–water partition coefficient (Wildman–Crippen LogP) is 1.50. The van der Waals surface area contributed by atoms with Gasteiger partial charge in [0.05, 0.1) is 5.60 Å². The molecule has 1 aromatic rings. The van der Waals surface area contributed by atoms with Gasteiger partial charge in [0.15, 0.2) is 0 Å². The highest BCUT2D eigenvalue weighted by Crippen LogP contribution is 2.27. The molecule has 2 N–H and O–H groups in total. The number of carboxylic acid groups (broad SMARTS) is 1. The third-order valence-electron chi connectivity index (χ3n) is 3.71. The molecule has 5 nitrogen and oxygen atoms in total. The summed E-state index contributed by atoms with van der Waals surface area (Å²) in [4.78, 5) is 12.8. The Kier molecular flexibility index (Phi) is 4.30. The van der Waals surface area contributed by atoms with Crippen LogP contribution in [-0.2, 0) is 16.0 Å². The van der Waals surface area contributed by atoms with Crippen LogP contribution in [0.5, 0.6) is 5.75 Å². The van der Waals surface area contributed by atoms with Gasteiger partial charge >= 0.3 is 5.97 Å². The molecule has 1 atom stereocenters. The van der Waals surface area contributed by atoms with Crippen molar-refractivity contribution in [3.05, 3.63) is 29.8 Å². The third-order valence-corrected chi connectivity index (χ3v) is 3.71. The van der Waals surface area contributed by atoms with Gasteiger partial charge in [-0.3, -0.25) is 4.90 Å². The summed E-state index contributed by atoms with van der Waals surface area (Å²) in [6.07, 6.45) is 0.898. The zero-order valence-corrected chi connectivity index (χ0v) is 11.9. The van der Waals surface area contributed by atoms with E-state index in [0.29, 0.717) is 6.04 Å². The molecule has 1 aliphatic heterocycles. The molecule has 110 valence electrons. The van der Waals surface area contributed by atoms with Gasteiger partial charge in [0, 0.05) is 19.1 Å².